The molecule has 0 saturated carbocycles. The number of piperidine rings is 1. The molecule has 1 fully saturated rings. The van der Waals surface area contributed by atoms with Gasteiger partial charge < -0.3 is 15.2 Å². The van der Waals surface area contributed by atoms with Crippen LogP contribution in [0.4, 0.5) is 0 Å². The number of rotatable bonds is 3. The summed E-state index contributed by atoms with van der Waals surface area (Å²) in [7, 11) is 0. The van der Waals surface area contributed by atoms with Gasteiger partial charge in [0.15, 0.2) is 0 Å². The number of nitrogens with two attached hydrogens (primary N) is 1. The Bertz CT molecular complexity index is 256. The molecule has 1 unspecified atom stereocenters. The van der Waals surface area contributed by atoms with E-state index in [9.17, 15) is 0 Å². The molecule has 2 N–H and O–H groups in total. The lowest BCUT2D eigenvalue weighted by molar-refractivity contribution is 0.202. The minimum Gasteiger partial charge on any atom is -0.353 e. The molecular formula is C11H19N3. The first-order valence-corrected chi connectivity index (χ1v) is 5.43. The molecular weight excluding hydrogens is 174 g/mol. The van der Waals surface area contributed by atoms with E-state index < -0.39 is 0 Å². The predicted octanol–water partition coefficient (Wildman–Crippen LogP) is 0.911. The molecule has 1 aliphatic rings. The SMILES string of the molecule is NC1CCCN(CCn2cccc2)C1. The van der Waals surface area contributed by atoms with Gasteiger partial charge in [-0.15, -0.1) is 0 Å². The molecule has 0 bridgehead atoms. The summed E-state index contributed by atoms with van der Waals surface area (Å²) in [5, 5.41) is 0. The van der Waals surface area contributed by atoms with Gasteiger partial charge in [-0.3, -0.25) is 0 Å². The van der Waals surface area contributed by atoms with E-state index in [1.807, 2.05) is 0 Å². The van der Waals surface area contributed by atoms with Crippen LogP contribution in [0.5, 0.6) is 0 Å². The second-order valence-electron chi connectivity index (χ2n) is 4.12. The zero-order chi connectivity index (χ0) is 9.80. The van der Waals surface area contributed by atoms with Crippen molar-refractivity contribution in [3.05, 3.63) is 24.5 Å². The van der Waals surface area contributed by atoms with Crippen molar-refractivity contribution < 1.29 is 0 Å². The maximum atomic E-state index is 5.93. The summed E-state index contributed by atoms with van der Waals surface area (Å²) in [6.45, 7) is 4.50. The summed E-state index contributed by atoms with van der Waals surface area (Å²) in [5.74, 6) is 0. The second kappa shape index (κ2) is 4.62. The van der Waals surface area contributed by atoms with Crippen molar-refractivity contribution in [2.24, 2.45) is 5.73 Å². The topological polar surface area (TPSA) is 34.2 Å². The van der Waals surface area contributed by atoms with E-state index in [4.69, 9.17) is 5.73 Å². The molecule has 1 aromatic rings. The number of likely N-dealkylation sites (tertiary alicyclic amines) is 1. The van der Waals surface area contributed by atoms with Gasteiger partial charge in [0.05, 0.1) is 0 Å². The van der Waals surface area contributed by atoms with Crippen LogP contribution >= 0.6 is 0 Å². The Morgan fingerprint density at radius 3 is 2.71 bits per heavy atom. The fourth-order valence-electron chi connectivity index (χ4n) is 2.07. The maximum Gasteiger partial charge on any atom is 0.0347 e. The van der Waals surface area contributed by atoms with Gasteiger partial charge in [0, 0.05) is 38.1 Å². The van der Waals surface area contributed by atoms with Crippen molar-refractivity contribution in [1.82, 2.24) is 9.47 Å². The van der Waals surface area contributed by atoms with Gasteiger partial charge in [-0.25, -0.2) is 0 Å². The molecule has 14 heavy (non-hydrogen) atoms. The molecule has 2 rings (SSSR count). The van der Waals surface area contributed by atoms with Crippen LogP contribution in [0.25, 0.3) is 0 Å². The summed E-state index contributed by atoms with van der Waals surface area (Å²) >= 11 is 0. The largest absolute Gasteiger partial charge is 0.353 e. The van der Waals surface area contributed by atoms with Crippen LogP contribution in [0.15, 0.2) is 24.5 Å². The Hall–Kier alpha value is -0.800. The zero-order valence-electron chi connectivity index (χ0n) is 8.60. The third-order valence-electron chi connectivity index (χ3n) is 2.88. The molecule has 78 valence electrons. The number of nitrogens with zero attached hydrogens (tertiary/aromatic N) is 2. The first-order valence-electron chi connectivity index (χ1n) is 5.43. The Balaban J connectivity index is 1.75. The summed E-state index contributed by atoms with van der Waals surface area (Å²) in [6.07, 6.45) is 6.68. The molecule has 2 heterocycles. The van der Waals surface area contributed by atoms with Gasteiger partial charge in [-0.05, 0) is 31.5 Å². The normalized spacial score (nSPS) is 23.9. The minimum atomic E-state index is 0.397. The summed E-state index contributed by atoms with van der Waals surface area (Å²) in [4.78, 5) is 2.47. The van der Waals surface area contributed by atoms with Crippen LogP contribution in [0, 0.1) is 0 Å². The molecule has 1 aliphatic heterocycles. The molecule has 1 aromatic heterocycles. The molecule has 0 spiro atoms. The van der Waals surface area contributed by atoms with Crippen molar-refractivity contribution in [2.45, 2.75) is 25.4 Å². The summed E-state index contributed by atoms with van der Waals surface area (Å²) in [6, 6.07) is 4.54. The van der Waals surface area contributed by atoms with E-state index in [0.717, 1.165) is 19.6 Å². The average molecular weight is 193 g/mol. The van der Waals surface area contributed by atoms with E-state index in [2.05, 4.69) is 34.0 Å². The van der Waals surface area contributed by atoms with Crippen molar-refractivity contribution in [1.29, 1.82) is 0 Å². The minimum absolute atomic E-state index is 0.397. The first-order chi connectivity index (χ1) is 6.84. The lowest BCUT2D eigenvalue weighted by atomic mass is 10.1. The van der Waals surface area contributed by atoms with Crippen LogP contribution in [-0.4, -0.2) is 35.1 Å². The predicted molar refractivity (Wildman–Crippen MR) is 58.1 cm³/mol. The van der Waals surface area contributed by atoms with Gasteiger partial charge in [0.2, 0.25) is 0 Å². The molecule has 0 aliphatic carbocycles. The highest BCUT2D eigenvalue weighted by Crippen LogP contribution is 2.07. The fourth-order valence-corrected chi connectivity index (χ4v) is 2.07. The zero-order valence-corrected chi connectivity index (χ0v) is 8.60. The molecule has 0 radical (unpaired) electrons. The molecule has 0 aromatic carbocycles. The molecule has 3 heteroatoms. The van der Waals surface area contributed by atoms with Gasteiger partial charge in [0.1, 0.15) is 0 Å². The highest BCUT2D eigenvalue weighted by Gasteiger charge is 2.15. The Morgan fingerprint density at radius 2 is 2.00 bits per heavy atom. The average Bonchev–Trinajstić information content (AvgIpc) is 2.67. The van der Waals surface area contributed by atoms with E-state index in [0.29, 0.717) is 6.04 Å². The highest BCUT2D eigenvalue weighted by atomic mass is 15.2. The lowest BCUT2D eigenvalue weighted by Gasteiger charge is -2.30. The maximum absolute atomic E-state index is 5.93. The van der Waals surface area contributed by atoms with E-state index >= 15 is 0 Å². The highest BCUT2D eigenvalue weighted by molar-refractivity contribution is 4.90. The van der Waals surface area contributed by atoms with Crippen molar-refractivity contribution in [3.63, 3.8) is 0 Å². The van der Waals surface area contributed by atoms with Crippen LogP contribution in [0.3, 0.4) is 0 Å². The first kappa shape index (κ1) is 9.74. The Labute approximate surface area is 85.5 Å². The number of hydrogen-bond donors (Lipinski definition) is 1. The van der Waals surface area contributed by atoms with Crippen LogP contribution in [0.1, 0.15) is 12.8 Å². The summed E-state index contributed by atoms with van der Waals surface area (Å²) in [5.41, 5.74) is 5.93. The summed E-state index contributed by atoms with van der Waals surface area (Å²) < 4.78 is 2.22. The third-order valence-corrected chi connectivity index (χ3v) is 2.88. The monoisotopic (exact) mass is 193 g/mol. The molecule has 3 nitrogen and oxygen atoms in total. The number of aromatic nitrogens is 1. The molecule has 0 amide bonds. The fraction of sp³-hybridized carbons (Fsp3) is 0.636. The lowest BCUT2D eigenvalue weighted by Crippen LogP contribution is -2.43. The van der Waals surface area contributed by atoms with E-state index in [1.165, 1.54) is 19.4 Å². The van der Waals surface area contributed by atoms with E-state index in [1.54, 1.807) is 0 Å². The van der Waals surface area contributed by atoms with Gasteiger partial charge in [-0.2, -0.15) is 0 Å². The Morgan fingerprint density at radius 1 is 1.21 bits per heavy atom. The molecule has 1 saturated heterocycles. The van der Waals surface area contributed by atoms with Crippen LogP contribution < -0.4 is 5.73 Å². The van der Waals surface area contributed by atoms with E-state index in [-0.39, 0.29) is 0 Å². The smallest absolute Gasteiger partial charge is 0.0347 e. The van der Waals surface area contributed by atoms with Crippen LogP contribution in [0.2, 0.25) is 0 Å². The third kappa shape index (κ3) is 2.59. The quantitative estimate of drug-likeness (QED) is 0.774. The van der Waals surface area contributed by atoms with Gasteiger partial charge >= 0.3 is 0 Å². The van der Waals surface area contributed by atoms with Crippen molar-refractivity contribution in [2.75, 3.05) is 19.6 Å². The standard InChI is InChI=1S/C11H19N3/c12-11-4-3-7-14(10-11)9-8-13-5-1-2-6-13/h1-2,5-6,11H,3-4,7-10,12H2. The van der Waals surface area contributed by atoms with Crippen molar-refractivity contribution >= 4 is 0 Å². The van der Waals surface area contributed by atoms with Crippen molar-refractivity contribution in [3.8, 4) is 0 Å². The number of hydrogen-bond acceptors (Lipinski definition) is 2. The van der Waals surface area contributed by atoms with Crippen LogP contribution in [-0.2, 0) is 6.54 Å². The molecule has 1 atom stereocenters. The Kier molecular flexibility index (Phi) is 3.22. The second-order valence-corrected chi connectivity index (χ2v) is 4.12. The van der Waals surface area contributed by atoms with Gasteiger partial charge in [0.25, 0.3) is 0 Å². The van der Waals surface area contributed by atoms with Gasteiger partial charge in [-0.1, -0.05) is 0 Å².